The molecule has 0 saturated heterocycles. The minimum Gasteiger partial charge on any atom is -0.455 e. The highest BCUT2D eigenvalue weighted by Crippen LogP contribution is 2.23. The molecule has 0 radical (unpaired) electrons. The summed E-state index contributed by atoms with van der Waals surface area (Å²) in [6.45, 7) is 16.6. The molecule has 2 N–H and O–H groups in total. The Labute approximate surface area is 180 Å². The zero-order chi connectivity index (χ0) is 22.2. The predicted molar refractivity (Wildman–Crippen MR) is 122 cm³/mol. The van der Waals surface area contributed by atoms with Crippen LogP contribution >= 0.6 is 0 Å². The van der Waals surface area contributed by atoms with Crippen molar-refractivity contribution in [2.75, 3.05) is 52.9 Å². The monoisotopic (exact) mass is 454 g/mol. The van der Waals surface area contributed by atoms with Gasteiger partial charge in [0.1, 0.15) is 0 Å². The Morgan fingerprint density at radius 3 is 1.34 bits per heavy atom. The largest absolute Gasteiger partial charge is 0.455 e. The van der Waals surface area contributed by atoms with E-state index in [2.05, 4.69) is 26.2 Å². The normalized spacial score (nSPS) is 14.9. The van der Waals surface area contributed by atoms with Gasteiger partial charge in [-0.3, -0.25) is 0 Å². The van der Waals surface area contributed by atoms with Crippen molar-refractivity contribution in [3.63, 3.8) is 0 Å². The number of rotatable bonds is 20. The number of hydrogen-bond acceptors (Lipinski definition) is 7. The summed E-state index contributed by atoms with van der Waals surface area (Å²) in [7, 11) is -3.39. The van der Waals surface area contributed by atoms with E-state index in [0.29, 0.717) is 26.4 Å². The molecule has 29 heavy (non-hydrogen) atoms. The average Bonchev–Trinajstić information content (AvgIpc) is 2.64. The molecule has 0 aliphatic heterocycles. The third-order valence-corrected chi connectivity index (χ3v) is 12.0. The minimum absolute atomic E-state index is 0.0429. The van der Waals surface area contributed by atoms with Gasteiger partial charge in [-0.25, -0.2) is 0 Å². The molecule has 9 heteroatoms. The second-order valence-electron chi connectivity index (χ2n) is 8.78. The van der Waals surface area contributed by atoms with Gasteiger partial charge in [0, 0.05) is 13.2 Å². The molecule has 0 heterocycles. The SMILES string of the molecule is CC(CO)OCCOCCC[Si](C)(C)O[Si](C)(C)CCCOCCOC(C)CO. The van der Waals surface area contributed by atoms with E-state index in [1.165, 1.54) is 0 Å². The molecule has 0 aliphatic rings. The molecule has 0 amide bonds. The zero-order valence-corrected chi connectivity index (χ0v) is 21.6. The lowest BCUT2D eigenvalue weighted by molar-refractivity contribution is -0.0103. The first-order valence-corrected chi connectivity index (χ1v) is 17.2. The molecule has 0 aromatic rings. The van der Waals surface area contributed by atoms with Crippen LogP contribution in [-0.2, 0) is 23.1 Å². The minimum atomic E-state index is -1.70. The van der Waals surface area contributed by atoms with Crippen LogP contribution in [0.1, 0.15) is 26.7 Å². The van der Waals surface area contributed by atoms with Gasteiger partial charge in [-0.1, -0.05) is 0 Å². The van der Waals surface area contributed by atoms with E-state index >= 15 is 0 Å². The average molecular weight is 455 g/mol. The maximum absolute atomic E-state index is 8.90. The summed E-state index contributed by atoms with van der Waals surface area (Å²) in [5.41, 5.74) is 0. The Hall–Kier alpha value is 0.154. The summed E-state index contributed by atoms with van der Waals surface area (Å²) in [5.74, 6) is 0. The van der Waals surface area contributed by atoms with Gasteiger partial charge in [0.2, 0.25) is 0 Å². The molecule has 0 fully saturated rings. The van der Waals surface area contributed by atoms with Crippen molar-refractivity contribution in [2.45, 2.75) is 77.2 Å². The molecule has 7 nitrogen and oxygen atoms in total. The van der Waals surface area contributed by atoms with E-state index in [9.17, 15) is 0 Å². The second-order valence-corrected chi connectivity index (χ2v) is 17.6. The van der Waals surface area contributed by atoms with Crippen molar-refractivity contribution in [3.8, 4) is 0 Å². The first kappa shape index (κ1) is 29.2. The lowest BCUT2D eigenvalue weighted by atomic mass is 10.4. The van der Waals surface area contributed by atoms with Crippen LogP contribution in [0.15, 0.2) is 0 Å². The van der Waals surface area contributed by atoms with Gasteiger partial charge < -0.3 is 33.3 Å². The molecule has 0 aromatic heterocycles. The van der Waals surface area contributed by atoms with Gasteiger partial charge in [0.25, 0.3) is 0 Å². The van der Waals surface area contributed by atoms with Gasteiger partial charge in [0.05, 0.1) is 51.8 Å². The second kappa shape index (κ2) is 16.8. The topological polar surface area (TPSA) is 86.6 Å². The van der Waals surface area contributed by atoms with Crippen LogP contribution in [-0.4, -0.2) is 91.9 Å². The Bertz CT molecular complexity index is 350. The smallest absolute Gasteiger partial charge is 0.173 e. The van der Waals surface area contributed by atoms with E-state index in [0.717, 1.165) is 38.1 Å². The number of aliphatic hydroxyl groups excluding tert-OH is 2. The van der Waals surface area contributed by atoms with Crippen molar-refractivity contribution >= 4 is 16.6 Å². The molecule has 0 spiro atoms. The van der Waals surface area contributed by atoms with Crippen molar-refractivity contribution in [1.29, 1.82) is 0 Å². The van der Waals surface area contributed by atoms with Crippen molar-refractivity contribution in [3.05, 3.63) is 0 Å². The molecule has 0 bridgehead atoms. The van der Waals surface area contributed by atoms with Crippen LogP contribution in [0, 0.1) is 0 Å². The van der Waals surface area contributed by atoms with E-state index in [1.807, 2.05) is 13.8 Å². The van der Waals surface area contributed by atoms with E-state index in [1.54, 1.807) is 0 Å². The Balaban J connectivity index is 3.79. The molecular weight excluding hydrogens is 408 g/mol. The Morgan fingerprint density at radius 1 is 0.621 bits per heavy atom. The third-order valence-electron chi connectivity index (χ3n) is 4.46. The fraction of sp³-hybridized carbons (Fsp3) is 1.00. The maximum atomic E-state index is 8.90. The summed E-state index contributed by atoms with van der Waals surface area (Å²) in [6.07, 6.45) is 1.77. The molecule has 2 unspecified atom stereocenters. The molecule has 0 saturated carbocycles. The van der Waals surface area contributed by atoms with E-state index in [-0.39, 0.29) is 25.4 Å². The Morgan fingerprint density at radius 2 is 1.00 bits per heavy atom. The summed E-state index contributed by atoms with van der Waals surface area (Å²) in [5, 5.41) is 17.8. The fourth-order valence-electron chi connectivity index (χ4n) is 2.98. The van der Waals surface area contributed by atoms with Gasteiger partial charge in [-0.05, 0) is 65.0 Å². The molecule has 0 aromatic carbocycles. The number of aliphatic hydroxyl groups is 2. The summed E-state index contributed by atoms with van der Waals surface area (Å²) < 4.78 is 28.6. The number of ether oxygens (including phenoxy) is 4. The summed E-state index contributed by atoms with van der Waals surface area (Å²) in [4.78, 5) is 0. The third kappa shape index (κ3) is 18.6. The Kier molecular flexibility index (Phi) is 16.9. The predicted octanol–water partition coefficient (Wildman–Crippen LogP) is 3.02. The molecule has 0 rings (SSSR count). The van der Waals surface area contributed by atoms with Gasteiger partial charge >= 0.3 is 0 Å². The van der Waals surface area contributed by atoms with Crippen molar-refractivity contribution in [1.82, 2.24) is 0 Å². The number of hydrogen-bond donors (Lipinski definition) is 2. The van der Waals surface area contributed by atoms with Crippen LogP contribution in [0.4, 0.5) is 0 Å². The zero-order valence-electron chi connectivity index (χ0n) is 19.6. The highest BCUT2D eigenvalue weighted by Gasteiger charge is 2.32. The summed E-state index contributed by atoms with van der Waals surface area (Å²) >= 11 is 0. The quantitative estimate of drug-likeness (QED) is 0.216. The first-order valence-electron chi connectivity index (χ1n) is 10.9. The molecule has 176 valence electrons. The lowest BCUT2D eigenvalue weighted by Gasteiger charge is -2.34. The molecule has 2 atom stereocenters. The lowest BCUT2D eigenvalue weighted by Crippen LogP contribution is -2.44. The van der Waals surface area contributed by atoms with Crippen molar-refractivity contribution in [2.24, 2.45) is 0 Å². The van der Waals surface area contributed by atoms with Gasteiger partial charge in [-0.2, -0.15) is 0 Å². The van der Waals surface area contributed by atoms with Crippen LogP contribution in [0.5, 0.6) is 0 Å². The van der Waals surface area contributed by atoms with Crippen LogP contribution in [0.2, 0.25) is 38.3 Å². The standard InChI is InChI=1S/C20H46O7Si2/c1-19(17-21)25-13-11-23-9-7-15-28(3,4)27-29(5,6)16-8-10-24-12-14-26-20(2)18-22/h19-22H,7-18H2,1-6H3. The van der Waals surface area contributed by atoms with Gasteiger partial charge in [-0.15, -0.1) is 0 Å². The molecule has 0 aliphatic carbocycles. The van der Waals surface area contributed by atoms with Gasteiger partial charge in [0.15, 0.2) is 16.6 Å². The first-order chi connectivity index (χ1) is 13.6. The van der Waals surface area contributed by atoms with Crippen LogP contribution in [0.3, 0.4) is 0 Å². The maximum Gasteiger partial charge on any atom is 0.173 e. The van der Waals surface area contributed by atoms with Crippen molar-refractivity contribution < 1.29 is 33.3 Å². The molecular formula is C20H46O7Si2. The fourth-order valence-corrected chi connectivity index (χ4v) is 11.8. The highest BCUT2D eigenvalue weighted by molar-refractivity contribution is 6.84. The van der Waals surface area contributed by atoms with E-state index in [4.69, 9.17) is 33.3 Å². The van der Waals surface area contributed by atoms with E-state index < -0.39 is 16.6 Å². The van der Waals surface area contributed by atoms with Crippen LogP contribution in [0.25, 0.3) is 0 Å². The van der Waals surface area contributed by atoms with Crippen LogP contribution < -0.4 is 0 Å². The summed E-state index contributed by atoms with van der Waals surface area (Å²) in [6, 6.07) is 2.18. The highest BCUT2D eigenvalue weighted by atomic mass is 28.4.